The number of amides is 2. The topological polar surface area (TPSA) is 75.0 Å². The van der Waals surface area contributed by atoms with E-state index < -0.39 is 0 Å². The molecule has 1 aromatic heterocycles. The van der Waals surface area contributed by atoms with Crippen LogP contribution in [0.2, 0.25) is 0 Å². The fourth-order valence-electron chi connectivity index (χ4n) is 4.47. The molecule has 2 heterocycles. The first kappa shape index (κ1) is 23.5. The van der Waals surface area contributed by atoms with Gasteiger partial charge < -0.3 is 24.3 Å². The number of hydrogen-bond donors (Lipinski definition) is 1. The first-order valence-electron chi connectivity index (χ1n) is 12.1. The summed E-state index contributed by atoms with van der Waals surface area (Å²) in [5.74, 6) is 0.808. The molecule has 0 radical (unpaired) electrons. The van der Waals surface area contributed by atoms with E-state index >= 15 is 0 Å². The van der Waals surface area contributed by atoms with Crippen LogP contribution in [0.15, 0.2) is 77.2 Å². The molecule has 4 aromatic rings. The number of aryl methyl sites for hydroxylation is 2. The number of piperazine rings is 1. The molecule has 2 amide bonds. The van der Waals surface area contributed by atoms with Gasteiger partial charge in [-0.05, 0) is 61.9 Å². The minimum Gasteiger partial charge on any atom is -0.483 e. The Balaban J connectivity index is 1.12. The minimum atomic E-state index is -0.208. The number of furan rings is 1. The van der Waals surface area contributed by atoms with E-state index in [1.807, 2.05) is 91.5 Å². The smallest absolute Gasteiger partial charge is 0.289 e. The summed E-state index contributed by atoms with van der Waals surface area (Å²) in [7, 11) is 0. The highest BCUT2D eigenvalue weighted by Crippen LogP contribution is 2.23. The van der Waals surface area contributed by atoms with Gasteiger partial charge in [-0.1, -0.05) is 35.9 Å². The van der Waals surface area contributed by atoms with Crippen molar-refractivity contribution in [3.63, 3.8) is 0 Å². The predicted octanol–water partition coefficient (Wildman–Crippen LogP) is 5.03. The first-order chi connectivity index (χ1) is 17.5. The summed E-state index contributed by atoms with van der Waals surface area (Å²) in [6.45, 7) is 6.62. The molecule has 5 rings (SSSR count). The van der Waals surface area contributed by atoms with Crippen LogP contribution in [-0.4, -0.2) is 49.5 Å². The number of ether oxygens (including phenoxy) is 1. The maximum Gasteiger partial charge on any atom is 0.289 e. The van der Waals surface area contributed by atoms with Crippen molar-refractivity contribution in [3.05, 3.63) is 89.7 Å². The number of fused-ring (bicyclic) bond motifs is 1. The number of anilines is 2. The molecule has 3 aromatic carbocycles. The molecule has 0 saturated carbocycles. The number of nitrogens with one attached hydrogen (secondary N) is 1. The van der Waals surface area contributed by atoms with Crippen molar-refractivity contribution in [1.82, 2.24) is 4.90 Å². The SMILES string of the molecule is Cc1ccc(OCC(=O)Nc2ccc(N3CCN(C(=O)c4cc5ccccc5o4)CC3)cc2)c(C)c1. The summed E-state index contributed by atoms with van der Waals surface area (Å²) in [6, 6.07) is 23.1. The number of carbonyl (C=O) groups is 2. The minimum absolute atomic E-state index is 0.0487. The summed E-state index contributed by atoms with van der Waals surface area (Å²) < 4.78 is 11.4. The lowest BCUT2D eigenvalue weighted by Gasteiger charge is -2.35. The monoisotopic (exact) mass is 483 g/mol. The molecule has 1 aliphatic rings. The number of hydrogen-bond acceptors (Lipinski definition) is 5. The molecule has 0 unspecified atom stereocenters. The van der Waals surface area contributed by atoms with Gasteiger partial charge in [0.05, 0.1) is 0 Å². The van der Waals surface area contributed by atoms with Crippen molar-refractivity contribution in [2.45, 2.75) is 13.8 Å². The summed E-state index contributed by atoms with van der Waals surface area (Å²) in [5, 5.41) is 3.81. The average Bonchev–Trinajstić information content (AvgIpc) is 3.33. The number of rotatable bonds is 6. The third kappa shape index (κ3) is 5.20. The van der Waals surface area contributed by atoms with Gasteiger partial charge >= 0.3 is 0 Å². The van der Waals surface area contributed by atoms with Gasteiger partial charge in [-0.25, -0.2) is 0 Å². The highest BCUT2D eigenvalue weighted by Gasteiger charge is 2.24. The van der Waals surface area contributed by atoms with Crippen molar-refractivity contribution in [3.8, 4) is 5.75 Å². The van der Waals surface area contributed by atoms with Crippen LogP contribution in [0.5, 0.6) is 5.75 Å². The largest absolute Gasteiger partial charge is 0.483 e. The second-order valence-corrected chi connectivity index (χ2v) is 9.08. The molecule has 7 nitrogen and oxygen atoms in total. The van der Waals surface area contributed by atoms with Crippen molar-refractivity contribution in [2.24, 2.45) is 0 Å². The third-order valence-electron chi connectivity index (χ3n) is 6.41. The molecular formula is C29H29N3O4. The van der Waals surface area contributed by atoms with Gasteiger partial charge in [-0.3, -0.25) is 9.59 Å². The average molecular weight is 484 g/mol. The summed E-state index contributed by atoms with van der Waals surface area (Å²) in [4.78, 5) is 29.3. The molecule has 7 heteroatoms. The maximum absolute atomic E-state index is 12.9. The number of nitrogens with zero attached hydrogens (tertiary/aromatic N) is 2. The van der Waals surface area contributed by atoms with E-state index in [0.29, 0.717) is 30.3 Å². The third-order valence-corrected chi connectivity index (χ3v) is 6.41. The lowest BCUT2D eigenvalue weighted by molar-refractivity contribution is -0.118. The van der Waals surface area contributed by atoms with Crippen molar-refractivity contribution >= 4 is 34.2 Å². The Hall–Kier alpha value is -4.26. The normalized spacial score (nSPS) is 13.6. The lowest BCUT2D eigenvalue weighted by atomic mass is 10.1. The van der Waals surface area contributed by atoms with Crippen molar-refractivity contribution in [2.75, 3.05) is 43.0 Å². The Morgan fingerprint density at radius 3 is 2.39 bits per heavy atom. The van der Waals surface area contributed by atoms with Gasteiger partial charge in [0, 0.05) is 42.9 Å². The van der Waals surface area contributed by atoms with Crippen LogP contribution in [0.3, 0.4) is 0 Å². The second-order valence-electron chi connectivity index (χ2n) is 9.08. The fraction of sp³-hybridized carbons (Fsp3) is 0.241. The van der Waals surface area contributed by atoms with Crippen molar-refractivity contribution in [1.29, 1.82) is 0 Å². The zero-order valence-corrected chi connectivity index (χ0v) is 20.5. The molecule has 0 atom stereocenters. The van der Waals surface area contributed by atoms with Crippen molar-refractivity contribution < 1.29 is 18.7 Å². The van der Waals surface area contributed by atoms with Gasteiger partial charge in [0.1, 0.15) is 11.3 Å². The Labute approximate surface area is 210 Å². The van der Waals surface area contributed by atoms with Crippen LogP contribution in [0.4, 0.5) is 11.4 Å². The molecule has 0 spiro atoms. The first-order valence-corrected chi connectivity index (χ1v) is 12.1. The molecule has 1 fully saturated rings. The van der Waals surface area contributed by atoms with E-state index in [1.54, 1.807) is 0 Å². The van der Waals surface area contributed by atoms with E-state index in [-0.39, 0.29) is 18.4 Å². The molecule has 0 aliphatic carbocycles. The number of benzene rings is 3. The highest BCUT2D eigenvalue weighted by atomic mass is 16.5. The second kappa shape index (κ2) is 10.2. The van der Waals surface area contributed by atoms with E-state index in [1.165, 1.54) is 0 Å². The fourth-order valence-corrected chi connectivity index (χ4v) is 4.47. The van der Waals surface area contributed by atoms with Gasteiger partial charge in [0.25, 0.3) is 11.8 Å². The molecule has 0 bridgehead atoms. The number of para-hydroxylation sites is 1. The zero-order valence-electron chi connectivity index (χ0n) is 20.5. The summed E-state index contributed by atoms with van der Waals surface area (Å²) in [6.07, 6.45) is 0. The quantitative estimate of drug-likeness (QED) is 0.416. The van der Waals surface area contributed by atoms with E-state index in [4.69, 9.17) is 9.15 Å². The molecule has 1 aliphatic heterocycles. The van der Waals surface area contributed by atoms with Gasteiger partial charge in [-0.2, -0.15) is 0 Å². The Morgan fingerprint density at radius 2 is 1.67 bits per heavy atom. The predicted molar refractivity (Wildman–Crippen MR) is 141 cm³/mol. The van der Waals surface area contributed by atoms with E-state index in [9.17, 15) is 9.59 Å². The molecule has 1 N–H and O–H groups in total. The Kier molecular flexibility index (Phi) is 6.62. The Morgan fingerprint density at radius 1 is 0.917 bits per heavy atom. The zero-order chi connectivity index (χ0) is 25.1. The summed E-state index contributed by atoms with van der Waals surface area (Å²) >= 11 is 0. The molecular weight excluding hydrogens is 454 g/mol. The standard InChI is InChI=1S/C29H29N3O4/c1-20-7-12-25(21(2)17-20)35-19-28(33)30-23-8-10-24(11-9-23)31-13-15-32(16-14-31)29(34)27-18-22-5-3-4-6-26(22)36-27/h3-12,17-18H,13-16,19H2,1-2H3,(H,30,33). The maximum atomic E-state index is 12.9. The van der Waals surface area contributed by atoms with Crippen LogP contribution in [0, 0.1) is 13.8 Å². The highest BCUT2D eigenvalue weighted by molar-refractivity contribution is 5.96. The summed E-state index contributed by atoms with van der Waals surface area (Å²) in [5.41, 5.74) is 4.65. The lowest BCUT2D eigenvalue weighted by Crippen LogP contribution is -2.48. The molecule has 184 valence electrons. The van der Waals surface area contributed by atoms with Crippen LogP contribution in [0.25, 0.3) is 11.0 Å². The molecule has 36 heavy (non-hydrogen) atoms. The van der Waals surface area contributed by atoms with Gasteiger partial charge in [0.15, 0.2) is 12.4 Å². The van der Waals surface area contributed by atoms with Crippen LogP contribution in [0.1, 0.15) is 21.7 Å². The number of carbonyl (C=O) groups excluding carboxylic acids is 2. The molecule has 1 saturated heterocycles. The van der Waals surface area contributed by atoms with Crippen LogP contribution >= 0.6 is 0 Å². The van der Waals surface area contributed by atoms with Gasteiger partial charge in [-0.15, -0.1) is 0 Å². The Bertz CT molecular complexity index is 1350. The van der Waals surface area contributed by atoms with Crippen LogP contribution < -0.4 is 15.0 Å². The van der Waals surface area contributed by atoms with Crippen LogP contribution in [-0.2, 0) is 4.79 Å². The van der Waals surface area contributed by atoms with Gasteiger partial charge in [0.2, 0.25) is 0 Å². The van der Waals surface area contributed by atoms with E-state index in [0.717, 1.165) is 40.9 Å². The van der Waals surface area contributed by atoms with E-state index in [2.05, 4.69) is 10.2 Å².